The number of hydrogen-bond donors (Lipinski definition) is 2. The molecule has 0 aliphatic carbocycles. The Hall–Kier alpha value is -0.610. The van der Waals surface area contributed by atoms with Crippen LogP contribution in [0.5, 0.6) is 0 Å². The van der Waals surface area contributed by atoms with Gasteiger partial charge in [-0.05, 0) is 33.4 Å². The number of nitrogens with zero attached hydrogens (tertiary/aromatic N) is 1. The lowest BCUT2D eigenvalue weighted by atomic mass is 10.1. The van der Waals surface area contributed by atoms with E-state index in [0.717, 1.165) is 6.42 Å². The van der Waals surface area contributed by atoms with Gasteiger partial charge in [0, 0.05) is 6.04 Å². The third kappa shape index (κ3) is 3.74. The van der Waals surface area contributed by atoms with Gasteiger partial charge in [-0.1, -0.05) is 6.92 Å². The van der Waals surface area contributed by atoms with Crippen molar-refractivity contribution < 1.29 is 9.90 Å². The Labute approximate surface area is 79.7 Å². The zero-order valence-electron chi connectivity index (χ0n) is 8.66. The number of carboxylic acids is 1. The third-order valence-corrected chi connectivity index (χ3v) is 2.50. The van der Waals surface area contributed by atoms with Crippen LogP contribution < -0.4 is 5.73 Å². The Balaban J connectivity index is 4.26. The first-order valence-corrected chi connectivity index (χ1v) is 4.69. The highest BCUT2D eigenvalue weighted by atomic mass is 16.4. The Kier molecular flexibility index (Phi) is 5.66. The zero-order chi connectivity index (χ0) is 10.4. The molecule has 0 amide bonds. The van der Waals surface area contributed by atoms with Gasteiger partial charge in [-0.15, -0.1) is 0 Å². The lowest BCUT2D eigenvalue weighted by Gasteiger charge is -2.29. The predicted octanol–water partition coefficient (Wildman–Crippen LogP) is 0.519. The highest BCUT2D eigenvalue weighted by Gasteiger charge is 2.24. The summed E-state index contributed by atoms with van der Waals surface area (Å²) < 4.78 is 0. The number of hydrogen-bond acceptors (Lipinski definition) is 3. The van der Waals surface area contributed by atoms with E-state index in [9.17, 15) is 4.79 Å². The Morgan fingerprint density at radius 3 is 2.46 bits per heavy atom. The summed E-state index contributed by atoms with van der Waals surface area (Å²) in [5, 5.41) is 8.92. The van der Waals surface area contributed by atoms with Crippen molar-refractivity contribution in [2.75, 3.05) is 13.6 Å². The van der Waals surface area contributed by atoms with Gasteiger partial charge in [-0.2, -0.15) is 0 Å². The monoisotopic (exact) mass is 188 g/mol. The van der Waals surface area contributed by atoms with E-state index in [2.05, 4.69) is 0 Å². The first-order chi connectivity index (χ1) is 6.04. The highest BCUT2D eigenvalue weighted by Crippen LogP contribution is 2.08. The molecule has 78 valence electrons. The molecule has 0 saturated heterocycles. The molecule has 0 bridgehead atoms. The second kappa shape index (κ2) is 5.94. The molecule has 2 unspecified atom stereocenters. The number of rotatable bonds is 6. The summed E-state index contributed by atoms with van der Waals surface area (Å²) in [7, 11) is 1.84. The van der Waals surface area contributed by atoms with E-state index in [-0.39, 0.29) is 6.04 Å². The molecule has 0 aliphatic rings. The van der Waals surface area contributed by atoms with Gasteiger partial charge in [0.25, 0.3) is 0 Å². The van der Waals surface area contributed by atoms with E-state index < -0.39 is 12.0 Å². The normalized spacial score (nSPS) is 15.8. The highest BCUT2D eigenvalue weighted by molar-refractivity contribution is 5.73. The number of carbonyl (C=O) groups is 1. The summed E-state index contributed by atoms with van der Waals surface area (Å²) in [6.07, 6.45) is 1.46. The molecule has 0 radical (unpaired) electrons. The second-order valence-corrected chi connectivity index (χ2v) is 3.35. The van der Waals surface area contributed by atoms with Crippen LogP contribution >= 0.6 is 0 Å². The smallest absolute Gasteiger partial charge is 0.320 e. The molecule has 2 atom stereocenters. The first kappa shape index (κ1) is 12.4. The van der Waals surface area contributed by atoms with Gasteiger partial charge in [0.2, 0.25) is 0 Å². The Morgan fingerprint density at radius 1 is 1.62 bits per heavy atom. The SMILES string of the molecule is CCC(C)N(C)C(CCN)C(=O)O. The quantitative estimate of drug-likeness (QED) is 0.637. The fraction of sp³-hybridized carbons (Fsp3) is 0.889. The molecule has 13 heavy (non-hydrogen) atoms. The van der Waals surface area contributed by atoms with E-state index in [1.54, 1.807) is 0 Å². The minimum Gasteiger partial charge on any atom is -0.480 e. The molecular weight excluding hydrogens is 168 g/mol. The maximum absolute atomic E-state index is 10.9. The molecule has 0 spiro atoms. The van der Waals surface area contributed by atoms with Gasteiger partial charge >= 0.3 is 5.97 Å². The third-order valence-electron chi connectivity index (χ3n) is 2.50. The van der Waals surface area contributed by atoms with Gasteiger partial charge in [-0.3, -0.25) is 9.69 Å². The minimum absolute atomic E-state index is 0.285. The molecule has 0 heterocycles. The average Bonchev–Trinajstić information content (AvgIpc) is 2.11. The van der Waals surface area contributed by atoms with Crippen LogP contribution in [0.2, 0.25) is 0 Å². The van der Waals surface area contributed by atoms with E-state index in [0.29, 0.717) is 13.0 Å². The first-order valence-electron chi connectivity index (χ1n) is 4.69. The molecule has 4 nitrogen and oxygen atoms in total. The van der Waals surface area contributed by atoms with E-state index in [1.165, 1.54) is 0 Å². The number of nitrogens with two attached hydrogens (primary N) is 1. The molecule has 4 heteroatoms. The number of likely N-dealkylation sites (N-methyl/N-ethyl adjacent to an activating group) is 1. The molecule has 0 aromatic carbocycles. The molecule has 0 aromatic rings. The van der Waals surface area contributed by atoms with E-state index in [4.69, 9.17) is 10.8 Å². The molecule has 0 rings (SSSR count). The van der Waals surface area contributed by atoms with Crippen LogP contribution in [0.15, 0.2) is 0 Å². The van der Waals surface area contributed by atoms with Crippen LogP contribution in [0.3, 0.4) is 0 Å². The van der Waals surface area contributed by atoms with Gasteiger partial charge in [0.15, 0.2) is 0 Å². The van der Waals surface area contributed by atoms with Crippen molar-refractivity contribution in [1.29, 1.82) is 0 Å². The number of carboxylic acid groups (broad SMARTS) is 1. The second-order valence-electron chi connectivity index (χ2n) is 3.35. The maximum atomic E-state index is 10.9. The van der Waals surface area contributed by atoms with Crippen LogP contribution in [0, 0.1) is 0 Å². The topological polar surface area (TPSA) is 66.6 Å². The molecular formula is C9H20N2O2. The maximum Gasteiger partial charge on any atom is 0.320 e. The van der Waals surface area contributed by atoms with Crippen molar-refractivity contribution >= 4 is 5.97 Å². The van der Waals surface area contributed by atoms with Crippen molar-refractivity contribution in [3.05, 3.63) is 0 Å². The van der Waals surface area contributed by atoms with Gasteiger partial charge in [-0.25, -0.2) is 0 Å². The molecule has 0 aliphatic heterocycles. The van der Waals surface area contributed by atoms with Crippen molar-refractivity contribution in [3.8, 4) is 0 Å². The predicted molar refractivity (Wildman–Crippen MR) is 52.6 cm³/mol. The molecule has 0 saturated carbocycles. The minimum atomic E-state index is -0.784. The van der Waals surface area contributed by atoms with Crippen molar-refractivity contribution in [3.63, 3.8) is 0 Å². The summed E-state index contributed by atoms with van der Waals surface area (Å²) in [6, 6.07) is -0.160. The standard InChI is InChI=1S/C9H20N2O2/c1-4-7(2)11(3)8(5-6-10)9(12)13/h7-8H,4-6,10H2,1-3H3,(H,12,13). The molecule has 0 aromatic heterocycles. The average molecular weight is 188 g/mol. The summed E-state index contributed by atoms with van der Waals surface area (Å²) >= 11 is 0. The van der Waals surface area contributed by atoms with Crippen molar-refractivity contribution in [1.82, 2.24) is 4.90 Å². The molecule has 0 fully saturated rings. The van der Waals surface area contributed by atoms with Gasteiger partial charge < -0.3 is 10.8 Å². The zero-order valence-corrected chi connectivity index (χ0v) is 8.66. The largest absolute Gasteiger partial charge is 0.480 e. The van der Waals surface area contributed by atoms with Crippen LogP contribution in [-0.4, -0.2) is 41.7 Å². The van der Waals surface area contributed by atoms with Gasteiger partial charge in [0.1, 0.15) is 6.04 Å². The van der Waals surface area contributed by atoms with Crippen LogP contribution in [0.4, 0.5) is 0 Å². The van der Waals surface area contributed by atoms with E-state index in [1.807, 2.05) is 25.8 Å². The lowest BCUT2D eigenvalue weighted by Crippen LogP contribution is -2.44. The van der Waals surface area contributed by atoms with E-state index >= 15 is 0 Å². The summed E-state index contributed by atoms with van der Waals surface area (Å²) in [4.78, 5) is 12.7. The van der Waals surface area contributed by atoms with Crippen LogP contribution in [0.1, 0.15) is 26.7 Å². The van der Waals surface area contributed by atoms with Crippen molar-refractivity contribution in [2.45, 2.75) is 38.8 Å². The summed E-state index contributed by atoms with van der Waals surface area (Å²) in [5.41, 5.74) is 5.36. The van der Waals surface area contributed by atoms with Gasteiger partial charge in [0.05, 0.1) is 0 Å². The fourth-order valence-electron chi connectivity index (χ4n) is 1.25. The lowest BCUT2D eigenvalue weighted by molar-refractivity contribution is -0.143. The Morgan fingerprint density at radius 2 is 2.15 bits per heavy atom. The van der Waals surface area contributed by atoms with Crippen LogP contribution in [-0.2, 0) is 4.79 Å². The molecule has 3 N–H and O–H groups in total. The summed E-state index contributed by atoms with van der Waals surface area (Å²) in [6.45, 7) is 4.48. The van der Waals surface area contributed by atoms with Crippen LogP contribution in [0.25, 0.3) is 0 Å². The van der Waals surface area contributed by atoms with Crippen molar-refractivity contribution in [2.24, 2.45) is 5.73 Å². The Bertz CT molecular complexity index is 162. The fourth-order valence-corrected chi connectivity index (χ4v) is 1.25. The summed E-state index contributed by atoms with van der Waals surface area (Å²) in [5.74, 6) is -0.784. The number of aliphatic carboxylic acids is 1.